The molecule has 1 aromatic heterocycles. The fourth-order valence-corrected chi connectivity index (χ4v) is 3.29. The normalized spacial score (nSPS) is 23.4. The van der Waals surface area contributed by atoms with Gasteiger partial charge in [-0.05, 0) is 34.6 Å². The van der Waals surface area contributed by atoms with Crippen LogP contribution in [0.2, 0.25) is 0 Å². The zero-order valence-electron chi connectivity index (χ0n) is 15.1. The molecule has 0 aromatic carbocycles. The molecule has 0 radical (unpaired) electrons. The molecule has 3 rings (SSSR count). The number of nitrogens with one attached hydrogen (secondary N) is 1. The van der Waals surface area contributed by atoms with E-state index in [9.17, 15) is 4.79 Å². The summed E-state index contributed by atoms with van der Waals surface area (Å²) in [5.74, 6) is 0. The molecule has 2 aliphatic rings. The largest absolute Gasteiger partial charge is 0.444 e. The van der Waals surface area contributed by atoms with Gasteiger partial charge >= 0.3 is 6.09 Å². The summed E-state index contributed by atoms with van der Waals surface area (Å²) in [7, 11) is 0. The van der Waals surface area contributed by atoms with Crippen LogP contribution in [0.25, 0.3) is 0 Å². The van der Waals surface area contributed by atoms with Gasteiger partial charge in [0, 0.05) is 12.6 Å². The summed E-state index contributed by atoms with van der Waals surface area (Å²) in [6, 6.07) is 0.174. The van der Waals surface area contributed by atoms with Gasteiger partial charge in [0.15, 0.2) is 0 Å². The number of amides is 1. The van der Waals surface area contributed by atoms with Gasteiger partial charge < -0.3 is 19.7 Å². The van der Waals surface area contributed by atoms with Crippen LogP contribution in [0, 0.1) is 0 Å². The number of hydrogen-bond donors (Lipinski definition) is 1. The third kappa shape index (κ3) is 3.12. The average Bonchev–Trinajstić information content (AvgIpc) is 2.91. The maximum absolute atomic E-state index is 12.2. The molecule has 1 aromatic rings. The lowest BCUT2D eigenvalue weighted by molar-refractivity contribution is -0.177. The Bertz CT molecular complexity index is 601. The van der Waals surface area contributed by atoms with Gasteiger partial charge in [-0.15, -0.1) is 5.10 Å². The predicted octanol–water partition coefficient (Wildman–Crippen LogP) is 1.51. The number of aromatic nitrogens is 3. The van der Waals surface area contributed by atoms with Gasteiger partial charge in [-0.25, -0.2) is 9.48 Å². The smallest absolute Gasteiger partial charge is 0.410 e. The van der Waals surface area contributed by atoms with Crippen LogP contribution >= 0.6 is 0 Å². The Kier molecular flexibility index (Phi) is 4.29. The van der Waals surface area contributed by atoms with Gasteiger partial charge in [0.2, 0.25) is 0 Å². The lowest BCUT2D eigenvalue weighted by Gasteiger charge is -2.55. The molecule has 2 aliphatic heterocycles. The number of morpholine rings is 1. The molecule has 8 heteroatoms. The van der Waals surface area contributed by atoms with Gasteiger partial charge in [0.05, 0.1) is 37.6 Å². The molecule has 1 spiro atoms. The van der Waals surface area contributed by atoms with Crippen molar-refractivity contribution in [2.24, 2.45) is 0 Å². The number of nitrogens with zero attached hydrogens (tertiary/aromatic N) is 4. The zero-order chi connectivity index (χ0) is 17.5. The summed E-state index contributed by atoms with van der Waals surface area (Å²) >= 11 is 0. The minimum absolute atomic E-state index is 0.0395. The molecule has 2 fully saturated rings. The van der Waals surface area contributed by atoms with Gasteiger partial charge in [-0.3, -0.25) is 0 Å². The van der Waals surface area contributed by atoms with Crippen molar-refractivity contribution in [3.8, 4) is 0 Å². The highest BCUT2D eigenvalue weighted by Gasteiger charge is 2.55. The van der Waals surface area contributed by atoms with Crippen molar-refractivity contribution < 1.29 is 14.3 Å². The highest BCUT2D eigenvalue weighted by molar-refractivity contribution is 5.70. The minimum Gasteiger partial charge on any atom is -0.444 e. The Hall–Kier alpha value is -1.67. The van der Waals surface area contributed by atoms with Crippen molar-refractivity contribution in [2.45, 2.75) is 57.9 Å². The van der Waals surface area contributed by atoms with Crippen molar-refractivity contribution in [3.63, 3.8) is 0 Å². The Balaban J connectivity index is 1.75. The fraction of sp³-hybridized carbons (Fsp3) is 0.812. The van der Waals surface area contributed by atoms with Crippen molar-refractivity contribution in [1.82, 2.24) is 25.2 Å². The molecule has 8 nitrogen and oxygen atoms in total. The Labute approximate surface area is 142 Å². The molecule has 24 heavy (non-hydrogen) atoms. The SMILES string of the molecule is CC(C)n1nncc1C1NCCOC12CN(C(=O)OC(C)(C)C)C2. The summed E-state index contributed by atoms with van der Waals surface area (Å²) < 4.78 is 13.5. The van der Waals surface area contributed by atoms with E-state index in [2.05, 4.69) is 29.5 Å². The van der Waals surface area contributed by atoms with Gasteiger partial charge in [0.1, 0.15) is 11.2 Å². The Morgan fingerprint density at radius 1 is 1.46 bits per heavy atom. The van der Waals surface area contributed by atoms with Crippen LogP contribution in [0.1, 0.15) is 52.4 Å². The highest BCUT2D eigenvalue weighted by atomic mass is 16.6. The molecule has 0 saturated carbocycles. The number of hydrogen-bond acceptors (Lipinski definition) is 6. The number of carbonyl (C=O) groups is 1. The standard InChI is InChI=1S/C16H27N5O3/c1-11(2)21-12(8-18-19-21)13-16(23-7-6-17-13)9-20(10-16)14(22)24-15(3,4)5/h8,11,13,17H,6-7,9-10H2,1-5H3. The van der Waals surface area contributed by atoms with Crippen LogP contribution < -0.4 is 5.32 Å². The van der Waals surface area contributed by atoms with E-state index >= 15 is 0 Å². The molecular formula is C16H27N5O3. The molecule has 1 unspecified atom stereocenters. The first kappa shape index (κ1) is 17.2. The summed E-state index contributed by atoms with van der Waals surface area (Å²) in [5, 5.41) is 11.8. The first-order chi connectivity index (χ1) is 11.2. The molecule has 1 amide bonds. The van der Waals surface area contributed by atoms with Crippen LogP contribution in [0.5, 0.6) is 0 Å². The van der Waals surface area contributed by atoms with Crippen LogP contribution in [0.15, 0.2) is 6.20 Å². The Morgan fingerprint density at radius 2 is 2.17 bits per heavy atom. The third-order valence-corrected chi connectivity index (χ3v) is 4.32. The minimum atomic E-state index is -0.495. The van der Waals surface area contributed by atoms with Crippen LogP contribution in [-0.4, -0.2) is 63.4 Å². The van der Waals surface area contributed by atoms with Crippen LogP contribution in [-0.2, 0) is 9.47 Å². The molecule has 0 bridgehead atoms. The number of carbonyl (C=O) groups excluding carboxylic acids is 1. The zero-order valence-corrected chi connectivity index (χ0v) is 15.1. The van der Waals surface area contributed by atoms with E-state index in [0.29, 0.717) is 19.7 Å². The fourth-order valence-electron chi connectivity index (χ4n) is 3.29. The van der Waals surface area contributed by atoms with Gasteiger partial charge in [0.25, 0.3) is 0 Å². The molecular weight excluding hydrogens is 310 g/mol. The molecule has 1 N–H and O–H groups in total. The molecule has 2 saturated heterocycles. The van der Waals surface area contributed by atoms with E-state index in [1.807, 2.05) is 25.5 Å². The maximum Gasteiger partial charge on any atom is 0.410 e. The van der Waals surface area contributed by atoms with E-state index in [0.717, 1.165) is 12.2 Å². The topological polar surface area (TPSA) is 81.5 Å². The summed E-state index contributed by atoms with van der Waals surface area (Å²) in [6.07, 6.45) is 1.49. The molecule has 0 aliphatic carbocycles. The first-order valence-electron chi connectivity index (χ1n) is 8.47. The predicted molar refractivity (Wildman–Crippen MR) is 87.6 cm³/mol. The van der Waals surface area contributed by atoms with Crippen LogP contribution in [0.4, 0.5) is 4.79 Å². The second-order valence-corrected chi connectivity index (χ2v) is 7.83. The quantitative estimate of drug-likeness (QED) is 0.881. The Morgan fingerprint density at radius 3 is 2.79 bits per heavy atom. The van der Waals surface area contributed by atoms with Gasteiger partial charge in [-0.2, -0.15) is 0 Å². The van der Waals surface area contributed by atoms with Gasteiger partial charge in [-0.1, -0.05) is 5.21 Å². The van der Waals surface area contributed by atoms with E-state index in [1.54, 1.807) is 11.1 Å². The monoisotopic (exact) mass is 337 g/mol. The van der Waals surface area contributed by atoms with E-state index in [-0.39, 0.29) is 18.2 Å². The molecule has 3 heterocycles. The molecule has 134 valence electrons. The maximum atomic E-state index is 12.2. The lowest BCUT2D eigenvalue weighted by Crippen LogP contribution is -2.72. The summed E-state index contributed by atoms with van der Waals surface area (Å²) in [6.45, 7) is 12.2. The van der Waals surface area contributed by atoms with E-state index in [4.69, 9.17) is 9.47 Å². The third-order valence-electron chi connectivity index (χ3n) is 4.32. The summed E-state index contributed by atoms with van der Waals surface area (Å²) in [4.78, 5) is 13.9. The van der Waals surface area contributed by atoms with Crippen molar-refractivity contribution in [3.05, 3.63) is 11.9 Å². The van der Waals surface area contributed by atoms with Crippen molar-refractivity contribution >= 4 is 6.09 Å². The number of ether oxygens (including phenoxy) is 2. The lowest BCUT2D eigenvalue weighted by atomic mass is 9.83. The van der Waals surface area contributed by atoms with Crippen molar-refractivity contribution in [2.75, 3.05) is 26.2 Å². The van der Waals surface area contributed by atoms with Crippen LogP contribution in [0.3, 0.4) is 0 Å². The molecule has 1 atom stereocenters. The van der Waals surface area contributed by atoms with E-state index < -0.39 is 11.2 Å². The second kappa shape index (κ2) is 6.00. The summed E-state index contributed by atoms with van der Waals surface area (Å²) in [5.41, 5.74) is 0.0581. The van der Waals surface area contributed by atoms with Crippen molar-refractivity contribution in [1.29, 1.82) is 0 Å². The second-order valence-electron chi connectivity index (χ2n) is 7.83. The number of likely N-dealkylation sites (tertiary alicyclic amines) is 1. The average molecular weight is 337 g/mol. The highest BCUT2D eigenvalue weighted by Crippen LogP contribution is 2.40. The number of rotatable bonds is 2. The van der Waals surface area contributed by atoms with E-state index in [1.165, 1.54) is 0 Å². The first-order valence-corrected chi connectivity index (χ1v) is 8.47.